The van der Waals surface area contributed by atoms with Crippen molar-refractivity contribution in [3.8, 4) is 17.2 Å². The number of thioether (sulfide) groups is 1. The van der Waals surface area contributed by atoms with E-state index in [1.165, 1.54) is 36.4 Å². The molecule has 69 heavy (non-hydrogen) atoms. The first-order chi connectivity index (χ1) is 33.6. The van der Waals surface area contributed by atoms with Crippen LogP contribution in [0, 0.1) is 38.0 Å². The van der Waals surface area contributed by atoms with Crippen molar-refractivity contribution in [1.29, 1.82) is 0 Å². The normalized spacial score (nSPS) is 21.8. The lowest BCUT2D eigenvalue weighted by Crippen LogP contribution is -2.70. The van der Waals surface area contributed by atoms with Gasteiger partial charge in [-0.3, -0.25) is 25.1 Å². The number of hydrogen-bond donors (Lipinski definition) is 2. The van der Waals surface area contributed by atoms with E-state index >= 15 is 0 Å². The van der Waals surface area contributed by atoms with Crippen LogP contribution in [0.2, 0.25) is 0 Å². The van der Waals surface area contributed by atoms with Crippen LogP contribution in [0.4, 0.5) is 16.2 Å². The number of unbranched alkanes of at least 4 members (excludes halogenated alkanes) is 2. The summed E-state index contributed by atoms with van der Waals surface area (Å²) < 4.78 is 26.8. The Hall–Kier alpha value is -6.27. The van der Waals surface area contributed by atoms with Crippen LogP contribution in [0.3, 0.4) is 0 Å². The minimum absolute atomic E-state index is 0.00118. The first kappa shape index (κ1) is 50.6. The van der Waals surface area contributed by atoms with Crippen molar-refractivity contribution in [1.82, 2.24) is 4.90 Å². The van der Waals surface area contributed by atoms with Gasteiger partial charge in [0.15, 0.2) is 0 Å². The molecule has 16 nitrogen and oxygen atoms in total. The van der Waals surface area contributed by atoms with Crippen molar-refractivity contribution in [3.05, 3.63) is 153 Å². The SMILES string of the molecule is C=CCOC12Oc3ccc(OCCSc4ccccc4)cc3C3C(CCCCO)C(CCCCO)C=C(C(=NOCc4ccc([N+](=O)[O-])cc4)CC1N(CCC)C(=O)Oc1ccc([N+](=O)[O-])cc1)C32. The number of fused-ring (bicyclic) bond motifs is 2. The molecular weight excluding hydrogens is 905 g/mol. The predicted molar refractivity (Wildman–Crippen MR) is 262 cm³/mol. The van der Waals surface area contributed by atoms with Crippen molar-refractivity contribution in [2.45, 2.75) is 87.5 Å². The van der Waals surface area contributed by atoms with Crippen LogP contribution in [0.1, 0.15) is 75.3 Å². The molecule has 7 rings (SSSR count). The van der Waals surface area contributed by atoms with E-state index in [0.717, 1.165) is 47.5 Å². The summed E-state index contributed by atoms with van der Waals surface area (Å²) in [7, 11) is 0. The number of amides is 1. The maximum Gasteiger partial charge on any atom is 0.415 e. The van der Waals surface area contributed by atoms with E-state index < -0.39 is 33.7 Å². The minimum Gasteiger partial charge on any atom is -0.493 e. The van der Waals surface area contributed by atoms with Gasteiger partial charge in [-0.15, -0.1) is 18.3 Å². The lowest BCUT2D eigenvalue weighted by molar-refractivity contribution is -0.385. The number of rotatable bonds is 25. The molecule has 4 aromatic rings. The van der Waals surface area contributed by atoms with Gasteiger partial charge in [-0.1, -0.05) is 55.3 Å². The van der Waals surface area contributed by atoms with Crippen LogP contribution in [-0.4, -0.2) is 87.3 Å². The van der Waals surface area contributed by atoms with Gasteiger partial charge in [-0.25, -0.2) is 4.79 Å². The van der Waals surface area contributed by atoms with Crippen LogP contribution >= 0.6 is 11.8 Å². The molecule has 6 unspecified atom stereocenters. The molecule has 17 heteroatoms. The number of non-ortho nitro benzene ring substituents is 2. The quantitative estimate of drug-likeness (QED) is 0.0209. The molecule has 3 aliphatic rings. The van der Waals surface area contributed by atoms with E-state index in [1.54, 1.807) is 34.9 Å². The number of carbonyl (C=O) groups is 1. The summed E-state index contributed by atoms with van der Waals surface area (Å²) >= 11 is 1.70. The molecule has 1 heterocycles. The van der Waals surface area contributed by atoms with Crippen LogP contribution in [0.5, 0.6) is 17.2 Å². The fourth-order valence-corrected chi connectivity index (χ4v) is 10.6. The topological polar surface area (TPSA) is 206 Å². The largest absolute Gasteiger partial charge is 0.493 e. The van der Waals surface area contributed by atoms with Crippen molar-refractivity contribution >= 4 is 34.9 Å². The van der Waals surface area contributed by atoms with Gasteiger partial charge >= 0.3 is 6.09 Å². The smallest absolute Gasteiger partial charge is 0.415 e. The zero-order valence-corrected chi connectivity index (χ0v) is 39.6. The number of nitro benzene ring substituents is 2. The highest BCUT2D eigenvalue weighted by Crippen LogP contribution is 2.62. The lowest BCUT2D eigenvalue weighted by Gasteiger charge is -2.59. The van der Waals surface area contributed by atoms with Gasteiger partial charge < -0.3 is 34.0 Å². The number of hydrogen-bond acceptors (Lipinski definition) is 14. The van der Waals surface area contributed by atoms with Gasteiger partial charge in [0.1, 0.15) is 29.9 Å². The van der Waals surface area contributed by atoms with E-state index in [0.29, 0.717) is 48.6 Å². The molecule has 6 atom stereocenters. The van der Waals surface area contributed by atoms with Gasteiger partial charge in [0.2, 0.25) is 5.79 Å². The van der Waals surface area contributed by atoms with Crippen molar-refractivity contribution in [3.63, 3.8) is 0 Å². The number of nitrogens with zero attached hydrogens (tertiary/aromatic N) is 4. The summed E-state index contributed by atoms with van der Waals surface area (Å²) in [5, 5.41) is 47.7. The summed E-state index contributed by atoms with van der Waals surface area (Å²) in [6, 6.07) is 26.4. The second-order valence-electron chi connectivity index (χ2n) is 17.3. The van der Waals surface area contributed by atoms with Gasteiger partial charge in [0.25, 0.3) is 11.4 Å². The van der Waals surface area contributed by atoms with Gasteiger partial charge in [0.05, 0.1) is 34.7 Å². The Morgan fingerprint density at radius 3 is 2.28 bits per heavy atom. The molecule has 0 aromatic heterocycles. The van der Waals surface area contributed by atoms with E-state index in [4.69, 9.17) is 28.9 Å². The average Bonchev–Trinajstić information content (AvgIpc) is 3.36. The number of aliphatic hydroxyl groups excluding tert-OH is 2. The van der Waals surface area contributed by atoms with Gasteiger partial charge in [-0.05, 0) is 110 Å². The number of allylic oxidation sites excluding steroid dienone is 1. The van der Waals surface area contributed by atoms with Gasteiger partial charge in [0, 0.05) is 72.6 Å². The molecule has 0 spiro atoms. The summed E-state index contributed by atoms with van der Waals surface area (Å²) in [6.45, 7) is 6.74. The highest BCUT2D eigenvalue weighted by Gasteiger charge is 2.65. The second kappa shape index (κ2) is 24.3. The molecule has 2 N–H and O–H groups in total. The molecule has 0 bridgehead atoms. The molecule has 4 aromatic carbocycles. The van der Waals surface area contributed by atoms with Crippen molar-refractivity contribution < 1.29 is 48.6 Å². The molecule has 1 aliphatic heterocycles. The Kier molecular flexibility index (Phi) is 17.8. The first-order valence-electron chi connectivity index (χ1n) is 23.6. The Morgan fingerprint density at radius 1 is 0.928 bits per heavy atom. The number of nitro groups is 2. The van der Waals surface area contributed by atoms with E-state index in [1.807, 2.05) is 37.3 Å². The number of oxime groups is 1. The minimum atomic E-state index is -1.56. The molecule has 2 aliphatic carbocycles. The molecule has 1 saturated carbocycles. The summed E-state index contributed by atoms with van der Waals surface area (Å²) in [6.07, 6.45) is 7.97. The van der Waals surface area contributed by atoms with E-state index in [9.17, 15) is 35.2 Å². The number of ether oxygens (including phenoxy) is 4. The monoisotopic (exact) mass is 964 g/mol. The Balaban J connectivity index is 1.37. The number of carbonyl (C=O) groups excluding carboxylic acids is 1. The zero-order chi connectivity index (χ0) is 48.8. The van der Waals surface area contributed by atoms with E-state index in [2.05, 4.69) is 30.9 Å². The third kappa shape index (κ3) is 12.1. The molecule has 1 amide bonds. The molecule has 366 valence electrons. The van der Waals surface area contributed by atoms with Crippen LogP contribution < -0.4 is 14.2 Å². The standard InChI is InChI=1S/C52H60N4O12S/c1-3-26-54(51(59)67-40-22-20-39(21-23-40)56(62)63)48-34-46(53-66-35-36-16-18-38(19-17-36)55(60)61)44-32-37(12-8-10-27-57)43(15-9-11-28-58)49-45-33-41(64-30-31-69-42-13-6-5-7-14-42)24-25-47(45)68-52(48,50(44)49)65-29-4-2/h4-7,13-14,16-25,32-33,37,43,48-50,57-58H,2-3,8-12,15,26-31,34-35H2,1H3. The Bertz CT molecular complexity index is 2440. The molecular formula is C52H60N4O12S. The summed E-state index contributed by atoms with van der Waals surface area (Å²) in [4.78, 5) is 45.5. The van der Waals surface area contributed by atoms with Crippen LogP contribution in [-0.2, 0) is 16.2 Å². The summed E-state index contributed by atoms with van der Waals surface area (Å²) in [5.41, 5.74) is 2.74. The van der Waals surface area contributed by atoms with Gasteiger partial charge in [-0.2, -0.15) is 0 Å². The molecule has 0 saturated heterocycles. The molecule has 1 fully saturated rings. The molecule has 0 radical (unpaired) electrons. The second-order valence-corrected chi connectivity index (χ2v) is 18.5. The first-order valence-corrected chi connectivity index (χ1v) is 24.6. The highest BCUT2D eigenvalue weighted by atomic mass is 32.2. The lowest BCUT2D eigenvalue weighted by atomic mass is 9.55. The predicted octanol–water partition coefficient (Wildman–Crippen LogP) is 10.4. The fraction of sp³-hybridized carbons (Fsp3) is 0.423. The highest BCUT2D eigenvalue weighted by molar-refractivity contribution is 7.99. The maximum atomic E-state index is 14.7. The van der Waals surface area contributed by atoms with Crippen LogP contribution in [0.15, 0.2) is 131 Å². The third-order valence-electron chi connectivity index (χ3n) is 12.9. The Morgan fingerprint density at radius 2 is 1.61 bits per heavy atom. The summed E-state index contributed by atoms with van der Waals surface area (Å²) in [5.74, 6) is -0.460. The van der Waals surface area contributed by atoms with Crippen LogP contribution in [0.25, 0.3) is 0 Å². The fourth-order valence-electron chi connectivity index (χ4n) is 9.88. The number of aliphatic hydroxyl groups is 2. The average molecular weight is 965 g/mol. The Labute approximate surface area is 406 Å². The van der Waals surface area contributed by atoms with Crippen molar-refractivity contribution in [2.24, 2.45) is 22.9 Å². The number of benzene rings is 4. The van der Waals surface area contributed by atoms with E-state index in [-0.39, 0.29) is 74.3 Å². The zero-order valence-electron chi connectivity index (χ0n) is 38.8. The maximum absolute atomic E-state index is 14.7. The van der Waals surface area contributed by atoms with Crippen molar-refractivity contribution in [2.75, 3.05) is 38.7 Å². The third-order valence-corrected chi connectivity index (χ3v) is 13.9.